The van der Waals surface area contributed by atoms with Gasteiger partial charge in [0.05, 0.1) is 0 Å². The molecule has 0 spiro atoms. The molecule has 0 bridgehead atoms. The molecule has 0 aliphatic heterocycles. The van der Waals surface area contributed by atoms with Crippen molar-refractivity contribution in [1.82, 2.24) is 0 Å². The first-order chi connectivity index (χ1) is 5.41. The minimum Gasteiger partial charge on any atom is -0.277 e. The third kappa shape index (κ3) is 10.0. The first-order valence-electron chi connectivity index (χ1n) is 4.40. The van der Waals surface area contributed by atoms with E-state index in [0.29, 0.717) is 0 Å². The van der Waals surface area contributed by atoms with Gasteiger partial charge in [-0.2, -0.15) is 0 Å². The summed E-state index contributed by atoms with van der Waals surface area (Å²) < 4.78 is 0. The van der Waals surface area contributed by atoms with Gasteiger partial charge in [0, 0.05) is 5.75 Å². The molecule has 0 aromatic heterocycles. The molecule has 0 aromatic rings. The standard InChI is InChI=1S/C9H17OS/c1-2-3-4-5-6-7-8-11-9-10/h2-8H2,1H3. The average molecular weight is 173 g/mol. The second-order valence-electron chi connectivity index (χ2n) is 2.70. The van der Waals surface area contributed by atoms with Gasteiger partial charge in [-0.15, -0.1) is 0 Å². The predicted molar refractivity (Wildman–Crippen MR) is 51.5 cm³/mol. The molecule has 0 rings (SSSR count). The molecule has 0 amide bonds. The number of unbranched alkanes of at least 4 members (excludes halogenated alkanes) is 5. The maximum absolute atomic E-state index is 9.78. The fraction of sp³-hybridized carbons (Fsp3) is 0.889. The Labute approximate surface area is 73.9 Å². The van der Waals surface area contributed by atoms with Crippen LogP contribution in [0.5, 0.6) is 0 Å². The molecule has 0 aliphatic carbocycles. The highest BCUT2D eigenvalue weighted by molar-refractivity contribution is 8.11. The Kier molecular flexibility index (Phi) is 10.0. The third-order valence-corrected chi connectivity index (χ3v) is 2.27. The van der Waals surface area contributed by atoms with E-state index in [0.717, 1.165) is 5.75 Å². The molecule has 0 saturated heterocycles. The Balaban J connectivity index is 2.74. The molecule has 2 heteroatoms. The van der Waals surface area contributed by atoms with E-state index in [2.05, 4.69) is 6.92 Å². The number of hydrogen-bond acceptors (Lipinski definition) is 2. The molecule has 0 aromatic carbocycles. The Morgan fingerprint density at radius 2 is 1.73 bits per heavy atom. The maximum Gasteiger partial charge on any atom is 0.266 e. The molecule has 0 atom stereocenters. The summed E-state index contributed by atoms with van der Waals surface area (Å²) in [6, 6.07) is 0. The summed E-state index contributed by atoms with van der Waals surface area (Å²) in [5.41, 5.74) is 1.84. The maximum atomic E-state index is 9.78. The molecule has 0 saturated carbocycles. The van der Waals surface area contributed by atoms with Crippen LogP contribution in [0, 0.1) is 0 Å². The highest BCUT2D eigenvalue weighted by Crippen LogP contribution is 2.07. The molecule has 11 heavy (non-hydrogen) atoms. The first kappa shape index (κ1) is 11.0. The van der Waals surface area contributed by atoms with Crippen LogP contribution < -0.4 is 0 Å². The minimum atomic E-state index is 0.954. The van der Waals surface area contributed by atoms with Crippen molar-refractivity contribution in [3.63, 3.8) is 0 Å². The van der Waals surface area contributed by atoms with Gasteiger partial charge in [0.1, 0.15) is 0 Å². The summed E-state index contributed by atoms with van der Waals surface area (Å²) in [6.07, 6.45) is 7.78. The van der Waals surface area contributed by atoms with Crippen LogP contribution in [0.4, 0.5) is 0 Å². The van der Waals surface area contributed by atoms with Gasteiger partial charge >= 0.3 is 0 Å². The Morgan fingerprint density at radius 1 is 1.09 bits per heavy atom. The van der Waals surface area contributed by atoms with E-state index in [1.807, 2.05) is 5.62 Å². The number of rotatable bonds is 8. The number of hydrogen-bond donors (Lipinski definition) is 0. The zero-order valence-corrected chi connectivity index (χ0v) is 8.08. The van der Waals surface area contributed by atoms with Crippen LogP contribution >= 0.6 is 11.8 Å². The highest BCUT2D eigenvalue weighted by atomic mass is 32.2. The minimum absolute atomic E-state index is 0.954. The summed E-state index contributed by atoms with van der Waals surface area (Å²) in [4.78, 5) is 9.78. The van der Waals surface area contributed by atoms with Crippen LogP contribution in [0.1, 0.15) is 45.4 Å². The summed E-state index contributed by atoms with van der Waals surface area (Å²) >= 11 is 1.27. The van der Waals surface area contributed by atoms with Crippen LogP contribution in [0.25, 0.3) is 0 Å². The molecule has 0 unspecified atom stereocenters. The Hall–Kier alpha value is 0.0200. The summed E-state index contributed by atoms with van der Waals surface area (Å²) in [7, 11) is 0. The largest absolute Gasteiger partial charge is 0.277 e. The van der Waals surface area contributed by atoms with Crippen molar-refractivity contribution in [3.8, 4) is 0 Å². The van der Waals surface area contributed by atoms with Crippen LogP contribution in [0.2, 0.25) is 0 Å². The first-order valence-corrected chi connectivity index (χ1v) is 5.39. The molecule has 0 N–H and O–H groups in total. The van der Waals surface area contributed by atoms with Crippen molar-refractivity contribution in [2.45, 2.75) is 45.4 Å². The van der Waals surface area contributed by atoms with Gasteiger partial charge in [-0.25, -0.2) is 0 Å². The summed E-state index contributed by atoms with van der Waals surface area (Å²) in [5, 5.41) is 0. The SMILES string of the molecule is CCCCCCCCS[C]=O. The van der Waals surface area contributed by atoms with Crippen molar-refractivity contribution in [3.05, 3.63) is 0 Å². The third-order valence-electron chi connectivity index (χ3n) is 1.66. The molecular formula is C9H17OS. The van der Waals surface area contributed by atoms with Crippen molar-refractivity contribution < 1.29 is 4.79 Å². The van der Waals surface area contributed by atoms with Gasteiger partial charge in [-0.3, -0.25) is 4.79 Å². The summed E-state index contributed by atoms with van der Waals surface area (Å²) in [6.45, 7) is 2.22. The van der Waals surface area contributed by atoms with E-state index in [-0.39, 0.29) is 0 Å². The Morgan fingerprint density at radius 3 is 2.36 bits per heavy atom. The monoisotopic (exact) mass is 173 g/mol. The van der Waals surface area contributed by atoms with E-state index >= 15 is 0 Å². The van der Waals surface area contributed by atoms with Gasteiger partial charge in [0.2, 0.25) is 0 Å². The van der Waals surface area contributed by atoms with Crippen LogP contribution in [0.3, 0.4) is 0 Å². The van der Waals surface area contributed by atoms with Gasteiger partial charge in [0.25, 0.3) is 5.62 Å². The topological polar surface area (TPSA) is 17.1 Å². The van der Waals surface area contributed by atoms with Crippen molar-refractivity contribution in [2.24, 2.45) is 0 Å². The zero-order chi connectivity index (χ0) is 8.36. The molecule has 0 aliphatic rings. The molecule has 1 radical (unpaired) electrons. The van der Waals surface area contributed by atoms with Crippen molar-refractivity contribution in [2.75, 3.05) is 5.75 Å². The fourth-order valence-electron chi connectivity index (χ4n) is 0.996. The van der Waals surface area contributed by atoms with E-state index in [1.54, 1.807) is 0 Å². The second-order valence-corrected chi connectivity index (χ2v) is 3.56. The van der Waals surface area contributed by atoms with Crippen molar-refractivity contribution in [1.29, 1.82) is 0 Å². The zero-order valence-electron chi connectivity index (χ0n) is 7.27. The second kappa shape index (κ2) is 10.0. The smallest absolute Gasteiger partial charge is 0.266 e. The normalized spacial score (nSPS) is 9.91. The number of carbonyl (C=O) groups excluding carboxylic acids is 1. The molecule has 0 heterocycles. The lowest BCUT2D eigenvalue weighted by molar-refractivity contribution is 0.570. The lowest BCUT2D eigenvalue weighted by Gasteiger charge is -1.97. The van der Waals surface area contributed by atoms with E-state index in [9.17, 15) is 4.79 Å². The van der Waals surface area contributed by atoms with E-state index in [1.165, 1.54) is 50.3 Å². The van der Waals surface area contributed by atoms with E-state index in [4.69, 9.17) is 0 Å². The Bertz CT molecular complexity index is 83.6. The predicted octanol–water partition coefficient (Wildman–Crippen LogP) is 3.15. The van der Waals surface area contributed by atoms with Gasteiger partial charge in [-0.1, -0.05) is 50.8 Å². The fourth-order valence-corrected chi connectivity index (χ4v) is 1.43. The lowest BCUT2D eigenvalue weighted by Crippen LogP contribution is -1.81. The van der Waals surface area contributed by atoms with Crippen LogP contribution in [0.15, 0.2) is 0 Å². The molecule has 65 valence electrons. The molecular weight excluding hydrogens is 156 g/mol. The average Bonchev–Trinajstić information content (AvgIpc) is 2.03. The van der Waals surface area contributed by atoms with Crippen LogP contribution in [-0.4, -0.2) is 11.4 Å². The summed E-state index contributed by atoms with van der Waals surface area (Å²) in [5.74, 6) is 0.954. The lowest BCUT2D eigenvalue weighted by atomic mass is 10.1. The van der Waals surface area contributed by atoms with Gasteiger partial charge in [0.15, 0.2) is 0 Å². The highest BCUT2D eigenvalue weighted by Gasteiger charge is 1.89. The van der Waals surface area contributed by atoms with Crippen molar-refractivity contribution >= 4 is 17.4 Å². The quantitative estimate of drug-likeness (QED) is 0.524. The number of thioether (sulfide) groups is 1. The molecule has 1 nitrogen and oxygen atoms in total. The van der Waals surface area contributed by atoms with Gasteiger partial charge in [-0.05, 0) is 6.42 Å². The van der Waals surface area contributed by atoms with E-state index < -0.39 is 0 Å². The van der Waals surface area contributed by atoms with Gasteiger partial charge < -0.3 is 0 Å². The molecule has 0 fully saturated rings. The van der Waals surface area contributed by atoms with Crippen LogP contribution in [-0.2, 0) is 4.79 Å².